The number of halogens is 1. The quantitative estimate of drug-likeness (QED) is 0.924. The molecule has 0 aromatic heterocycles. The Hall–Kier alpha value is -1.55. The third-order valence-corrected chi connectivity index (χ3v) is 3.19. The van der Waals surface area contributed by atoms with Gasteiger partial charge in [0.1, 0.15) is 0 Å². The molecule has 0 bridgehead atoms. The van der Waals surface area contributed by atoms with Gasteiger partial charge in [-0.25, -0.2) is 4.79 Å². The largest absolute Gasteiger partial charge is 0.479 e. The van der Waals surface area contributed by atoms with E-state index >= 15 is 0 Å². The van der Waals surface area contributed by atoms with Crippen LogP contribution in [0.15, 0.2) is 18.2 Å². The molecule has 4 nitrogen and oxygen atoms in total. The molecule has 0 saturated heterocycles. The van der Waals surface area contributed by atoms with Crippen molar-refractivity contribution in [3.63, 3.8) is 0 Å². The van der Waals surface area contributed by atoms with Crippen molar-refractivity contribution in [1.82, 2.24) is 4.90 Å². The van der Waals surface area contributed by atoms with Crippen LogP contribution in [0.25, 0.3) is 0 Å². The molecule has 0 radical (unpaired) electrons. The SMILES string of the molecule is CC(=O)N(C(C)C)C(C(=O)O)c1ccc(Cl)cc1C. The van der Waals surface area contributed by atoms with E-state index in [4.69, 9.17) is 11.6 Å². The molecule has 1 aromatic rings. The Morgan fingerprint density at radius 2 is 1.89 bits per heavy atom. The molecule has 0 aliphatic rings. The second-order valence-corrected chi connectivity index (χ2v) is 5.20. The molecule has 104 valence electrons. The average Bonchev–Trinajstić information content (AvgIpc) is 2.25. The molecule has 0 heterocycles. The summed E-state index contributed by atoms with van der Waals surface area (Å²) in [6.45, 7) is 6.75. The van der Waals surface area contributed by atoms with Crippen LogP contribution < -0.4 is 0 Å². The monoisotopic (exact) mass is 283 g/mol. The van der Waals surface area contributed by atoms with Crippen LogP contribution in [-0.4, -0.2) is 27.9 Å². The lowest BCUT2D eigenvalue weighted by Crippen LogP contribution is -2.42. The lowest BCUT2D eigenvalue weighted by molar-refractivity contribution is -0.151. The zero-order valence-electron chi connectivity index (χ0n) is 11.5. The van der Waals surface area contributed by atoms with Crippen molar-refractivity contribution in [2.75, 3.05) is 0 Å². The van der Waals surface area contributed by atoms with E-state index in [-0.39, 0.29) is 11.9 Å². The van der Waals surface area contributed by atoms with E-state index in [2.05, 4.69) is 0 Å². The highest BCUT2D eigenvalue weighted by atomic mass is 35.5. The Bertz CT molecular complexity index is 499. The summed E-state index contributed by atoms with van der Waals surface area (Å²) in [6.07, 6.45) is 0. The molecule has 0 spiro atoms. The number of aryl methyl sites for hydroxylation is 1. The van der Waals surface area contributed by atoms with Gasteiger partial charge in [0.15, 0.2) is 6.04 Å². The van der Waals surface area contributed by atoms with E-state index in [1.807, 2.05) is 0 Å². The molecule has 1 N–H and O–H groups in total. The van der Waals surface area contributed by atoms with Gasteiger partial charge in [0.25, 0.3) is 0 Å². The van der Waals surface area contributed by atoms with Crippen molar-refractivity contribution < 1.29 is 14.7 Å². The molecule has 1 atom stereocenters. The van der Waals surface area contributed by atoms with Crippen LogP contribution in [-0.2, 0) is 9.59 Å². The standard InChI is InChI=1S/C14H18ClNO3/c1-8(2)16(10(4)17)13(14(18)19)12-6-5-11(15)7-9(12)3/h5-8,13H,1-4H3,(H,18,19). The molecular weight excluding hydrogens is 266 g/mol. The fourth-order valence-electron chi connectivity index (χ4n) is 2.19. The van der Waals surface area contributed by atoms with Gasteiger partial charge in [-0.2, -0.15) is 0 Å². The first-order valence-electron chi connectivity index (χ1n) is 6.03. The maximum atomic E-state index is 11.7. The lowest BCUT2D eigenvalue weighted by atomic mass is 9.99. The number of rotatable bonds is 4. The first-order valence-corrected chi connectivity index (χ1v) is 6.41. The average molecular weight is 284 g/mol. The fourth-order valence-corrected chi connectivity index (χ4v) is 2.42. The minimum Gasteiger partial charge on any atom is -0.479 e. The highest BCUT2D eigenvalue weighted by Gasteiger charge is 2.32. The van der Waals surface area contributed by atoms with Crippen molar-refractivity contribution in [2.45, 2.75) is 39.8 Å². The number of hydrogen-bond acceptors (Lipinski definition) is 2. The molecule has 1 aromatic carbocycles. The zero-order chi connectivity index (χ0) is 14.7. The maximum Gasteiger partial charge on any atom is 0.331 e. The van der Waals surface area contributed by atoms with Crippen LogP contribution in [0.1, 0.15) is 37.9 Å². The second-order valence-electron chi connectivity index (χ2n) is 4.76. The Balaban J connectivity index is 3.34. The summed E-state index contributed by atoms with van der Waals surface area (Å²) >= 11 is 5.88. The third kappa shape index (κ3) is 3.47. The number of carbonyl (C=O) groups is 2. The minimum absolute atomic E-state index is 0.200. The maximum absolute atomic E-state index is 11.7. The van der Waals surface area contributed by atoms with Gasteiger partial charge in [0, 0.05) is 18.0 Å². The molecule has 1 amide bonds. The summed E-state index contributed by atoms with van der Waals surface area (Å²) in [7, 11) is 0. The molecule has 5 heteroatoms. The molecule has 19 heavy (non-hydrogen) atoms. The second kappa shape index (κ2) is 6.06. The number of carboxylic acids is 1. The van der Waals surface area contributed by atoms with Crippen molar-refractivity contribution >= 4 is 23.5 Å². The Kier molecular flexibility index (Phi) is 4.95. The summed E-state index contributed by atoms with van der Waals surface area (Å²) in [4.78, 5) is 24.6. The van der Waals surface area contributed by atoms with Gasteiger partial charge in [-0.1, -0.05) is 17.7 Å². The first-order chi connectivity index (χ1) is 8.75. The van der Waals surface area contributed by atoms with E-state index in [1.165, 1.54) is 11.8 Å². The van der Waals surface area contributed by atoms with Gasteiger partial charge < -0.3 is 10.0 Å². The number of hydrogen-bond donors (Lipinski definition) is 1. The van der Waals surface area contributed by atoms with E-state index in [0.29, 0.717) is 10.6 Å². The minimum atomic E-state index is -1.05. The van der Waals surface area contributed by atoms with Crippen molar-refractivity contribution in [1.29, 1.82) is 0 Å². The molecule has 1 unspecified atom stereocenters. The molecule has 0 fully saturated rings. The highest BCUT2D eigenvalue weighted by Crippen LogP contribution is 2.28. The van der Waals surface area contributed by atoms with Crippen LogP contribution in [0.5, 0.6) is 0 Å². The van der Waals surface area contributed by atoms with Gasteiger partial charge in [-0.15, -0.1) is 0 Å². The van der Waals surface area contributed by atoms with Gasteiger partial charge in [-0.05, 0) is 44.0 Å². The Labute approximate surface area is 118 Å². The van der Waals surface area contributed by atoms with Crippen LogP contribution in [0, 0.1) is 6.92 Å². The molecular formula is C14H18ClNO3. The molecule has 1 rings (SSSR count). The van der Waals surface area contributed by atoms with Crippen molar-refractivity contribution in [2.24, 2.45) is 0 Å². The van der Waals surface area contributed by atoms with Crippen LogP contribution >= 0.6 is 11.6 Å². The lowest BCUT2D eigenvalue weighted by Gasteiger charge is -2.32. The summed E-state index contributed by atoms with van der Waals surface area (Å²) in [6, 6.07) is 3.81. The van der Waals surface area contributed by atoms with Crippen molar-refractivity contribution in [3.05, 3.63) is 34.3 Å². The molecule has 0 aliphatic carbocycles. The Morgan fingerprint density at radius 3 is 2.26 bits per heavy atom. The smallest absolute Gasteiger partial charge is 0.331 e. The van der Waals surface area contributed by atoms with Crippen LogP contribution in [0.3, 0.4) is 0 Å². The predicted octanol–water partition coefficient (Wildman–Crippen LogP) is 3.03. The third-order valence-electron chi connectivity index (χ3n) is 2.96. The van der Waals surface area contributed by atoms with E-state index < -0.39 is 12.0 Å². The fraction of sp³-hybridized carbons (Fsp3) is 0.429. The van der Waals surface area contributed by atoms with Crippen LogP contribution in [0.2, 0.25) is 5.02 Å². The first kappa shape index (κ1) is 15.5. The number of nitrogens with zero attached hydrogens (tertiary/aromatic N) is 1. The summed E-state index contributed by atoms with van der Waals surface area (Å²) in [5.41, 5.74) is 1.34. The summed E-state index contributed by atoms with van der Waals surface area (Å²) in [5.74, 6) is -1.31. The van der Waals surface area contributed by atoms with E-state index in [0.717, 1.165) is 5.56 Å². The zero-order valence-corrected chi connectivity index (χ0v) is 12.2. The normalized spacial score (nSPS) is 12.3. The Morgan fingerprint density at radius 1 is 1.32 bits per heavy atom. The van der Waals surface area contributed by atoms with Crippen molar-refractivity contribution in [3.8, 4) is 0 Å². The number of aliphatic carboxylic acids is 1. The molecule has 0 saturated carbocycles. The number of carbonyl (C=O) groups excluding carboxylic acids is 1. The number of amides is 1. The number of benzene rings is 1. The van der Waals surface area contributed by atoms with Gasteiger partial charge >= 0.3 is 5.97 Å². The van der Waals surface area contributed by atoms with Gasteiger partial charge in [-0.3, -0.25) is 4.79 Å². The topological polar surface area (TPSA) is 57.6 Å². The molecule has 0 aliphatic heterocycles. The van der Waals surface area contributed by atoms with Crippen LogP contribution in [0.4, 0.5) is 0 Å². The van der Waals surface area contributed by atoms with E-state index in [1.54, 1.807) is 39.0 Å². The summed E-state index contributed by atoms with van der Waals surface area (Å²) < 4.78 is 0. The van der Waals surface area contributed by atoms with Gasteiger partial charge in [0.2, 0.25) is 5.91 Å². The highest BCUT2D eigenvalue weighted by molar-refractivity contribution is 6.30. The van der Waals surface area contributed by atoms with Gasteiger partial charge in [0.05, 0.1) is 0 Å². The van der Waals surface area contributed by atoms with E-state index in [9.17, 15) is 14.7 Å². The predicted molar refractivity (Wildman–Crippen MR) is 74.2 cm³/mol. The number of carboxylic acid groups (broad SMARTS) is 1. The summed E-state index contributed by atoms with van der Waals surface area (Å²) in [5, 5.41) is 10.0.